The molecule has 0 unspecified atom stereocenters. The molecule has 0 aliphatic rings. The maximum Gasteiger partial charge on any atom is 0.226 e. The van der Waals surface area contributed by atoms with Crippen molar-refractivity contribution in [1.82, 2.24) is 4.98 Å². The molecule has 0 radical (unpaired) electrons. The average Bonchev–Trinajstić information content (AvgIpc) is 3.02. The third-order valence-corrected chi connectivity index (χ3v) is 4.01. The molecular weight excluding hydrogens is 310 g/mol. The molecule has 0 amide bonds. The fraction of sp³-hybridized carbons (Fsp3) is 0.227. The highest BCUT2D eigenvalue weighted by atomic mass is 16.5. The van der Waals surface area contributed by atoms with Crippen molar-refractivity contribution in [3.05, 3.63) is 83.8 Å². The van der Waals surface area contributed by atoms with Crippen molar-refractivity contribution in [1.29, 1.82) is 0 Å². The summed E-state index contributed by atoms with van der Waals surface area (Å²) in [6.07, 6.45) is 5.85. The zero-order valence-corrected chi connectivity index (χ0v) is 14.7. The minimum atomic E-state index is 0.578. The fourth-order valence-corrected chi connectivity index (χ4v) is 2.65. The Morgan fingerprint density at radius 2 is 1.92 bits per heavy atom. The minimum absolute atomic E-state index is 0.578. The maximum atomic E-state index is 5.89. The van der Waals surface area contributed by atoms with Crippen LogP contribution in [-0.4, -0.2) is 11.6 Å². The molecule has 0 N–H and O–H groups in total. The van der Waals surface area contributed by atoms with Gasteiger partial charge in [-0.05, 0) is 50.1 Å². The van der Waals surface area contributed by atoms with Gasteiger partial charge in [-0.3, -0.25) is 0 Å². The van der Waals surface area contributed by atoms with Crippen LogP contribution in [0.2, 0.25) is 0 Å². The fourth-order valence-electron chi connectivity index (χ4n) is 2.65. The van der Waals surface area contributed by atoms with Gasteiger partial charge in [-0.1, -0.05) is 42.5 Å². The maximum absolute atomic E-state index is 5.89. The van der Waals surface area contributed by atoms with Gasteiger partial charge in [0.2, 0.25) is 5.89 Å². The zero-order chi connectivity index (χ0) is 17.5. The van der Waals surface area contributed by atoms with Gasteiger partial charge in [0, 0.05) is 12.0 Å². The second-order valence-electron chi connectivity index (χ2n) is 5.91. The zero-order valence-electron chi connectivity index (χ0n) is 14.7. The molecule has 1 aromatic heterocycles. The number of aryl methyl sites for hydroxylation is 1. The standard InChI is InChI=1S/C22H23NO2/c1-3-4-9-18-10-8-13-20(16-18)24-15-14-21-17(2)25-22(23-21)19-11-6-5-7-12-19/h3-8,10-13,16H,9,14-15H2,1-2H3/b4-3+. The molecule has 0 aliphatic carbocycles. The van der Waals surface area contributed by atoms with Crippen molar-refractivity contribution in [3.63, 3.8) is 0 Å². The van der Waals surface area contributed by atoms with Gasteiger partial charge in [-0.15, -0.1) is 0 Å². The van der Waals surface area contributed by atoms with E-state index >= 15 is 0 Å². The Hall–Kier alpha value is -2.81. The number of allylic oxidation sites excluding steroid dienone is 2. The lowest BCUT2D eigenvalue weighted by Crippen LogP contribution is -2.03. The predicted molar refractivity (Wildman–Crippen MR) is 101 cm³/mol. The first-order valence-corrected chi connectivity index (χ1v) is 8.61. The lowest BCUT2D eigenvalue weighted by atomic mass is 10.1. The summed E-state index contributed by atoms with van der Waals surface area (Å²) < 4.78 is 11.7. The molecule has 2 aromatic carbocycles. The first kappa shape index (κ1) is 17.0. The Morgan fingerprint density at radius 1 is 1.08 bits per heavy atom. The molecule has 0 bridgehead atoms. The number of aromatic nitrogens is 1. The molecule has 0 spiro atoms. The minimum Gasteiger partial charge on any atom is -0.493 e. The molecule has 3 aromatic rings. The van der Waals surface area contributed by atoms with E-state index in [9.17, 15) is 0 Å². The second kappa shape index (κ2) is 8.34. The topological polar surface area (TPSA) is 35.3 Å². The van der Waals surface area contributed by atoms with Gasteiger partial charge in [0.1, 0.15) is 11.5 Å². The molecule has 3 rings (SSSR count). The summed E-state index contributed by atoms with van der Waals surface area (Å²) in [5, 5.41) is 0. The molecule has 3 heteroatoms. The van der Waals surface area contributed by atoms with Crippen LogP contribution in [0.15, 0.2) is 71.2 Å². The van der Waals surface area contributed by atoms with Crippen LogP contribution < -0.4 is 4.74 Å². The largest absolute Gasteiger partial charge is 0.493 e. The van der Waals surface area contributed by atoms with Gasteiger partial charge >= 0.3 is 0 Å². The van der Waals surface area contributed by atoms with Gasteiger partial charge in [0.15, 0.2) is 0 Å². The number of nitrogens with zero attached hydrogens (tertiary/aromatic N) is 1. The number of hydrogen-bond acceptors (Lipinski definition) is 3. The first-order chi connectivity index (χ1) is 12.3. The Bertz CT molecular complexity index is 834. The van der Waals surface area contributed by atoms with Crippen molar-refractivity contribution in [2.45, 2.75) is 26.7 Å². The molecule has 0 atom stereocenters. The second-order valence-corrected chi connectivity index (χ2v) is 5.91. The predicted octanol–water partition coefficient (Wildman–Crippen LogP) is 5.39. The Morgan fingerprint density at radius 3 is 2.72 bits per heavy atom. The van der Waals surface area contributed by atoms with Crippen molar-refractivity contribution in [2.75, 3.05) is 6.61 Å². The molecule has 0 saturated carbocycles. The summed E-state index contributed by atoms with van der Waals surface area (Å²) in [5.74, 6) is 2.41. The summed E-state index contributed by atoms with van der Waals surface area (Å²) in [4.78, 5) is 4.61. The van der Waals surface area contributed by atoms with E-state index in [1.807, 2.05) is 56.3 Å². The number of rotatable bonds is 7. The van der Waals surface area contributed by atoms with Crippen LogP contribution in [0.3, 0.4) is 0 Å². The molecule has 0 aliphatic heterocycles. The van der Waals surface area contributed by atoms with E-state index in [-0.39, 0.29) is 0 Å². The third-order valence-electron chi connectivity index (χ3n) is 4.01. The van der Waals surface area contributed by atoms with Gasteiger partial charge in [0.05, 0.1) is 12.3 Å². The molecular formula is C22H23NO2. The van der Waals surface area contributed by atoms with E-state index in [0.29, 0.717) is 12.5 Å². The highest BCUT2D eigenvalue weighted by molar-refractivity contribution is 5.53. The SMILES string of the molecule is C/C=C/Cc1cccc(OCCc2nc(-c3ccccc3)oc2C)c1. The lowest BCUT2D eigenvalue weighted by molar-refractivity contribution is 0.319. The van der Waals surface area contributed by atoms with Crippen LogP contribution in [0, 0.1) is 6.92 Å². The van der Waals surface area contributed by atoms with Crippen molar-refractivity contribution < 1.29 is 9.15 Å². The van der Waals surface area contributed by atoms with Gasteiger partial charge in [-0.2, -0.15) is 0 Å². The quantitative estimate of drug-likeness (QED) is 0.544. The summed E-state index contributed by atoms with van der Waals surface area (Å²) in [6.45, 7) is 4.56. The van der Waals surface area contributed by atoms with Crippen LogP contribution in [0.4, 0.5) is 0 Å². The Kier molecular flexibility index (Phi) is 5.68. The smallest absolute Gasteiger partial charge is 0.226 e. The Labute approximate surface area is 149 Å². The number of oxazole rings is 1. The van der Waals surface area contributed by atoms with Crippen molar-refractivity contribution >= 4 is 0 Å². The van der Waals surface area contributed by atoms with E-state index in [1.54, 1.807) is 0 Å². The number of ether oxygens (including phenoxy) is 1. The number of benzene rings is 2. The van der Waals surface area contributed by atoms with E-state index in [2.05, 4.69) is 29.3 Å². The summed E-state index contributed by atoms with van der Waals surface area (Å²) in [7, 11) is 0. The average molecular weight is 333 g/mol. The van der Waals surface area contributed by atoms with E-state index in [0.717, 1.165) is 35.6 Å². The molecule has 128 valence electrons. The van der Waals surface area contributed by atoms with Crippen LogP contribution >= 0.6 is 0 Å². The van der Waals surface area contributed by atoms with Gasteiger partial charge in [0.25, 0.3) is 0 Å². The summed E-state index contributed by atoms with van der Waals surface area (Å²) in [5.41, 5.74) is 3.19. The van der Waals surface area contributed by atoms with Gasteiger partial charge < -0.3 is 9.15 Å². The Balaban J connectivity index is 1.60. The molecule has 1 heterocycles. The molecule has 25 heavy (non-hydrogen) atoms. The van der Waals surface area contributed by atoms with E-state index in [1.165, 1.54) is 5.56 Å². The van der Waals surface area contributed by atoms with E-state index < -0.39 is 0 Å². The van der Waals surface area contributed by atoms with Crippen molar-refractivity contribution in [3.8, 4) is 17.2 Å². The van der Waals surface area contributed by atoms with Crippen LogP contribution in [-0.2, 0) is 12.8 Å². The highest BCUT2D eigenvalue weighted by Gasteiger charge is 2.11. The number of hydrogen-bond donors (Lipinski definition) is 0. The van der Waals surface area contributed by atoms with Crippen LogP contribution in [0.1, 0.15) is 23.9 Å². The molecule has 3 nitrogen and oxygen atoms in total. The van der Waals surface area contributed by atoms with Crippen LogP contribution in [0.5, 0.6) is 5.75 Å². The normalized spacial score (nSPS) is 11.1. The monoisotopic (exact) mass is 333 g/mol. The van der Waals surface area contributed by atoms with Gasteiger partial charge in [-0.25, -0.2) is 4.98 Å². The van der Waals surface area contributed by atoms with Crippen LogP contribution in [0.25, 0.3) is 11.5 Å². The summed E-state index contributed by atoms with van der Waals surface area (Å²) in [6, 6.07) is 18.2. The summed E-state index contributed by atoms with van der Waals surface area (Å²) >= 11 is 0. The first-order valence-electron chi connectivity index (χ1n) is 8.61. The highest BCUT2D eigenvalue weighted by Crippen LogP contribution is 2.22. The van der Waals surface area contributed by atoms with E-state index in [4.69, 9.17) is 9.15 Å². The third kappa shape index (κ3) is 4.60. The molecule has 0 fully saturated rings. The van der Waals surface area contributed by atoms with Crippen molar-refractivity contribution in [2.24, 2.45) is 0 Å². The lowest BCUT2D eigenvalue weighted by Gasteiger charge is -2.06. The molecule has 0 saturated heterocycles.